The Morgan fingerprint density at radius 3 is 1.76 bits per heavy atom. The van der Waals surface area contributed by atoms with Crippen LogP contribution < -0.4 is 9.79 Å². The van der Waals surface area contributed by atoms with E-state index in [0.29, 0.717) is 0 Å². The summed E-state index contributed by atoms with van der Waals surface area (Å²) in [7, 11) is -6.47. The average molecular weight is 294 g/mol. The minimum atomic E-state index is -3.24. The van der Waals surface area contributed by atoms with Crippen LogP contribution in [0, 0.1) is 0 Å². The van der Waals surface area contributed by atoms with Gasteiger partial charge in [0.2, 0.25) is 0 Å². The number of hydrogen-bond acceptors (Lipinski definition) is 6. The first-order valence-electron chi connectivity index (χ1n) is 3.77. The van der Waals surface area contributed by atoms with Crippen molar-refractivity contribution in [3.8, 4) is 0 Å². The van der Waals surface area contributed by atoms with E-state index < -0.39 is 22.1 Å². The molecule has 0 aliphatic carbocycles. The van der Waals surface area contributed by atoms with Crippen molar-refractivity contribution in [2.24, 2.45) is 0 Å². The van der Waals surface area contributed by atoms with Gasteiger partial charge in [-0.1, -0.05) is 41.9 Å². The van der Waals surface area contributed by atoms with Gasteiger partial charge in [0, 0.05) is 0 Å². The fraction of sp³-hybridized carbons (Fsp3) is 0.143. The van der Waals surface area contributed by atoms with E-state index in [-0.39, 0.29) is 10.1 Å². The quantitative estimate of drug-likeness (QED) is 0.496. The molecule has 0 saturated heterocycles. The summed E-state index contributed by atoms with van der Waals surface area (Å²) in [5.74, 6) is 0. The van der Waals surface area contributed by atoms with E-state index in [1.807, 2.05) is 18.2 Å². The van der Waals surface area contributed by atoms with Crippen molar-refractivity contribution in [1.29, 1.82) is 0 Å². The summed E-state index contributed by atoms with van der Waals surface area (Å²) in [6.07, 6.45) is 0. The van der Waals surface area contributed by atoms with Crippen LogP contribution in [0.1, 0.15) is 11.1 Å². The maximum Gasteiger partial charge on any atom is 2.00 e. The molecular weight excluding hydrogens is 286 g/mol. The third kappa shape index (κ3) is 12.0. The normalized spacial score (nSPS) is 12.5. The van der Waals surface area contributed by atoms with Crippen LogP contribution in [0.25, 0.3) is 0 Å². The number of halogens is 1. The number of aliphatic hydroxyl groups is 1. The van der Waals surface area contributed by atoms with Crippen molar-refractivity contribution in [2.45, 2.75) is 5.56 Å². The predicted octanol–water partition coefficient (Wildman–Crippen LogP) is 0.574. The van der Waals surface area contributed by atoms with Crippen LogP contribution in [0.4, 0.5) is 0 Å². The summed E-state index contributed by atoms with van der Waals surface area (Å²) in [5.41, 5.74) is -0.134. The van der Waals surface area contributed by atoms with Crippen molar-refractivity contribution >= 4 is 38.2 Å². The van der Waals surface area contributed by atoms with Crippen LogP contribution >= 0.6 is 28.1 Å². The van der Waals surface area contributed by atoms with Gasteiger partial charge >= 0.3 is 26.6 Å². The summed E-state index contributed by atoms with van der Waals surface area (Å²) < 4.78 is 21.6. The molecule has 6 nitrogen and oxygen atoms in total. The molecule has 10 heteroatoms. The molecule has 88 valence electrons. The maximum absolute atomic E-state index is 9.24. The van der Waals surface area contributed by atoms with Crippen molar-refractivity contribution in [1.82, 2.24) is 0 Å². The van der Waals surface area contributed by atoms with Gasteiger partial charge in [0.1, 0.15) is 4.31 Å². The molecule has 1 rings (SSSR count). The molecule has 0 saturated carbocycles. The van der Waals surface area contributed by atoms with E-state index in [2.05, 4.69) is 4.31 Å². The van der Waals surface area contributed by atoms with E-state index in [9.17, 15) is 18.9 Å². The Bertz CT molecular complexity index is 337. The van der Waals surface area contributed by atoms with Crippen LogP contribution in [0.2, 0.25) is 0 Å². The maximum atomic E-state index is 9.24. The average Bonchev–Trinajstić information content (AvgIpc) is 2.17. The molecule has 3 unspecified atom stereocenters. The monoisotopic (exact) mass is 293 g/mol. The van der Waals surface area contributed by atoms with Crippen LogP contribution in [-0.2, 0) is 13.4 Å². The first-order valence-corrected chi connectivity index (χ1v) is 6.40. The summed E-state index contributed by atoms with van der Waals surface area (Å²) >= 11 is 5.36. The molecule has 0 aliphatic rings. The Labute approximate surface area is 108 Å². The molecule has 0 fully saturated rings. The molecule has 1 aromatic rings. The molecule has 0 radical (unpaired) electrons. The van der Waals surface area contributed by atoms with Gasteiger partial charge in [-0.25, -0.2) is 0 Å². The molecule has 0 heterocycles. The fourth-order valence-corrected chi connectivity index (χ4v) is 1.25. The zero-order valence-corrected chi connectivity index (χ0v) is 11.0. The number of alkyl halides is 1. The zero-order valence-electron chi connectivity index (χ0n) is 8.43. The number of hydrogen-bond donors (Lipinski definition) is 1. The standard InChI is InChI=1S/C7H7ClO.Be.O5P2/c8-7(9)6-4-2-1-3-5-6;;1-6(2)5-7(3)4/h1-5,7,9H;;/q;+2;. The number of benzene rings is 1. The third-order valence-corrected chi connectivity index (χ3v) is 2.53. The van der Waals surface area contributed by atoms with Crippen molar-refractivity contribution in [3.63, 3.8) is 0 Å². The van der Waals surface area contributed by atoms with E-state index in [0.717, 1.165) is 5.56 Å². The first kappa shape index (κ1) is 19.1. The summed E-state index contributed by atoms with van der Waals surface area (Å²) in [5, 5.41) is 8.79. The zero-order chi connectivity index (χ0) is 12.6. The molecule has 3 atom stereocenters. The molecule has 1 N–H and O–H groups in total. The van der Waals surface area contributed by atoms with Gasteiger partial charge in [-0.15, -0.1) is 0 Å². The third-order valence-electron chi connectivity index (χ3n) is 1.21. The summed E-state index contributed by atoms with van der Waals surface area (Å²) in [6.45, 7) is 0. The second-order valence-electron chi connectivity index (χ2n) is 2.28. The molecule has 0 aromatic heterocycles. The Balaban J connectivity index is 0. The van der Waals surface area contributed by atoms with Gasteiger partial charge in [-0.2, -0.15) is 0 Å². The molecule has 0 spiro atoms. The molecule has 1 aromatic carbocycles. The van der Waals surface area contributed by atoms with Gasteiger partial charge in [-0.3, -0.25) is 0 Å². The summed E-state index contributed by atoms with van der Waals surface area (Å²) in [6, 6.07) is 9.10. The smallest absolute Gasteiger partial charge is 0.563 e. The SMILES string of the molecule is O=[P+]([O-])O[P+](=O)[O-].OC(Cl)c1ccccc1.[Be+2]. The van der Waals surface area contributed by atoms with Gasteiger partial charge < -0.3 is 14.9 Å². The number of aliphatic hydroxyl groups excluding tert-OH is 1. The van der Waals surface area contributed by atoms with E-state index in [1.165, 1.54) is 0 Å². The van der Waals surface area contributed by atoms with E-state index in [4.69, 9.17) is 16.7 Å². The number of rotatable bonds is 3. The Kier molecular flexibility index (Phi) is 12.2. The Morgan fingerprint density at radius 2 is 1.59 bits per heavy atom. The van der Waals surface area contributed by atoms with Crippen LogP contribution in [0.3, 0.4) is 0 Å². The largest absolute Gasteiger partial charge is 2.00 e. The molecule has 0 aliphatic heterocycles. The van der Waals surface area contributed by atoms with Gasteiger partial charge in [0.05, 0.1) is 0 Å². The van der Waals surface area contributed by atoms with Crippen molar-refractivity contribution in [3.05, 3.63) is 35.9 Å². The predicted molar refractivity (Wildman–Crippen MR) is 59.3 cm³/mol. The van der Waals surface area contributed by atoms with Crippen molar-refractivity contribution < 1.29 is 28.3 Å². The topological polar surface area (TPSA) is 110 Å². The summed E-state index contributed by atoms with van der Waals surface area (Å²) in [4.78, 5) is 18.5. The van der Waals surface area contributed by atoms with E-state index in [1.54, 1.807) is 12.1 Å². The van der Waals surface area contributed by atoms with Gasteiger partial charge in [0.15, 0.2) is 5.56 Å². The fourth-order valence-electron chi connectivity index (χ4n) is 0.666. The van der Waals surface area contributed by atoms with Crippen LogP contribution in [0.5, 0.6) is 0 Å². The van der Waals surface area contributed by atoms with Gasteiger partial charge in [-0.05, 0) is 14.7 Å². The van der Waals surface area contributed by atoms with E-state index >= 15 is 0 Å². The first-order chi connectivity index (χ1) is 7.43. The minimum absolute atomic E-state index is 0. The Hall–Kier alpha value is -0.281. The van der Waals surface area contributed by atoms with Crippen molar-refractivity contribution in [2.75, 3.05) is 0 Å². The second-order valence-corrected chi connectivity index (χ2v) is 4.24. The van der Waals surface area contributed by atoms with Crippen LogP contribution in [-0.4, -0.2) is 15.2 Å². The van der Waals surface area contributed by atoms with Gasteiger partial charge in [0.25, 0.3) is 0 Å². The molecular formula is C7H7BeClO6P2+2. The second kappa shape index (κ2) is 10.8. The minimum Gasteiger partial charge on any atom is -0.563 e. The molecule has 0 amide bonds. The molecule has 17 heavy (non-hydrogen) atoms. The van der Waals surface area contributed by atoms with Crippen LogP contribution in [0.15, 0.2) is 30.3 Å². The molecule has 0 bridgehead atoms. The Morgan fingerprint density at radius 1 is 1.18 bits per heavy atom.